The van der Waals surface area contributed by atoms with Gasteiger partial charge < -0.3 is 10.6 Å². The second-order valence-electron chi connectivity index (χ2n) is 5.69. The number of nitrogens with zero attached hydrogens (tertiary/aromatic N) is 1. The fraction of sp³-hybridized carbons (Fsp3) is 0.278. The van der Waals surface area contributed by atoms with Crippen LogP contribution in [-0.4, -0.2) is 16.8 Å². The predicted octanol–water partition coefficient (Wildman–Crippen LogP) is 3.38. The third kappa shape index (κ3) is 5.90. The summed E-state index contributed by atoms with van der Waals surface area (Å²) in [6.45, 7) is 3.88. The first-order chi connectivity index (χ1) is 11.0. The Labute approximate surface area is 136 Å². The Hall–Kier alpha value is -2.69. The quantitative estimate of drug-likeness (QED) is 0.859. The minimum absolute atomic E-state index is 0.0517. The maximum Gasteiger partial charge on any atom is 0.225 e. The highest BCUT2D eigenvalue weighted by atomic mass is 16.2. The molecular formula is C18H21N3O2. The molecule has 1 aromatic heterocycles. The van der Waals surface area contributed by atoms with E-state index in [1.807, 2.05) is 38.1 Å². The number of aryl methyl sites for hydroxylation is 1. The van der Waals surface area contributed by atoms with Crippen molar-refractivity contribution in [1.29, 1.82) is 0 Å². The molecule has 0 aliphatic heterocycles. The van der Waals surface area contributed by atoms with Crippen molar-refractivity contribution in [3.8, 4) is 0 Å². The second kappa shape index (κ2) is 8.08. The van der Waals surface area contributed by atoms with Crippen LogP contribution in [0.3, 0.4) is 0 Å². The first-order valence-electron chi connectivity index (χ1n) is 7.60. The summed E-state index contributed by atoms with van der Waals surface area (Å²) in [6, 6.07) is 12.9. The molecule has 0 aliphatic rings. The summed E-state index contributed by atoms with van der Waals surface area (Å²) < 4.78 is 0. The number of pyridine rings is 1. The van der Waals surface area contributed by atoms with Gasteiger partial charge in [-0.25, -0.2) is 4.98 Å². The lowest BCUT2D eigenvalue weighted by Crippen LogP contribution is -2.20. The molecule has 120 valence electrons. The first-order valence-corrected chi connectivity index (χ1v) is 7.60. The molecule has 0 aliphatic carbocycles. The molecule has 5 nitrogen and oxygen atoms in total. The molecule has 1 unspecified atom stereocenters. The monoisotopic (exact) mass is 311 g/mol. The van der Waals surface area contributed by atoms with Crippen LogP contribution < -0.4 is 10.6 Å². The van der Waals surface area contributed by atoms with Gasteiger partial charge in [0.05, 0.1) is 0 Å². The molecule has 1 heterocycles. The van der Waals surface area contributed by atoms with Gasteiger partial charge in [0.15, 0.2) is 0 Å². The number of hydrogen-bond donors (Lipinski definition) is 2. The molecule has 5 heteroatoms. The average molecular weight is 311 g/mol. The largest absolute Gasteiger partial charge is 0.326 e. The Bertz CT molecular complexity index is 654. The minimum Gasteiger partial charge on any atom is -0.326 e. The minimum atomic E-state index is -0.140. The van der Waals surface area contributed by atoms with E-state index in [1.165, 1.54) is 0 Å². The van der Waals surface area contributed by atoms with Crippen LogP contribution in [0.5, 0.6) is 0 Å². The van der Waals surface area contributed by atoms with Crippen molar-refractivity contribution in [3.63, 3.8) is 0 Å². The summed E-state index contributed by atoms with van der Waals surface area (Å²) in [5, 5.41) is 5.56. The SMILES string of the molecule is Cc1ccc(NC(=O)CC(C)CC(=O)Nc2ccccn2)cc1. The molecule has 2 amide bonds. The standard InChI is InChI=1S/C18H21N3O2/c1-13-6-8-15(9-7-13)20-17(22)11-14(2)12-18(23)21-16-5-3-4-10-19-16/h3-10,14H,11-12H2,1-2H3,(H,20,22)(H,19,21,23). The Morgan fingerprint density at radius 1 is 1.00 bits per heavy atom. The summed E-state index contributed by atoms with van der Waals surface area (Å²) in [7, 11) is 0. The number of anilines is 2. The number of nitrogens with one attached hydrogen (secondary N) is 2. The predicted molar refractivity (Wildman–Crippen MR) is 91.1 cm³/mol. The summed E-state index contributed by atoms with van der Waals surface area (Å²) in [6.07, 6.45) is 2.19. The van der Waals surface area contributed by atoms with Gasteiger partial charge in [-0.1, -0.05) is 30.7 Å². The maximum atomic E-state index is 12.0. The molecule has 2 rings (SSSR count). The molecule has 0 saturated carbocycles. The van der Waals surface area contributed by atoms with Crippen molar-refractivity contribution < 1.29 is 9.59 Å². The Morgan fingerprint density at radius 3 is 2.26 bits per heavy atom. The Kier molecular flexibility index (Phi) is 5.86. The van der Waals surface area contributed by atoms with Crippen LogP contribution in [0.4, 0.5) is 11.5 Å². The Morgan fingerprint density at radius 2 is 1.65 bits per heavy atom. The van der Waals surface area contributed by atoms with Gasteiger partial charge in [-0.05, 0) is 37.1 Å². The van der Waals surface area contributed by atoms with E-state index < -0.39 is 0 Å². The van der Waals surface area contributed by atoms with Crippen LogP contribution in [0, 0.1) is 12.8 Å². The molecule has 1 atom stereocenters. The first kappa shape index (κ1) is 16.7. The fourth-order valence-corrected chi connectivity index (χ4v) is 2.18. The summed E-state index contributed by atoms with van der Waals surface area (Å²) in [4.78, 5) is 27.9. The number of hydrogen-bond acceptors (Lipinski definition) is 3. The highest BCUT2D eigenvalue weighted by Gasteiger charge is 2.14. The molecule has 23 heavy (non-hydrogen) atoms. The highest BCUT2D eigenvalue weighted by Crippen LogP contribution is 2.13. The van der Waals surface area contributed by atoms with Crippen LogP contribution in [-0.2, 0) is 9.59 Å². The van der Waals surface area contributed by atoms with Crippen molar-refractivity contribution in [2.75, 3.05) is 10.6 Å². The van der Waals surface area contributed by atoms with E-state index in [0.29, 0.717) is 12.2 Å². The zero-order valence-corrected chi connectivity index (χ0v) is 13.4. The van der Waals surface area contributed by atoms with Crippen LogP contribution in [0.1, 0.15) is 25.3 Å². The molecule has 2 aromatic rings. The van der Waals surface area contributed by atoms with E-state index in [2.05, 4.69) is 15.6 Å². The van der Waals surface area contributed by atoms with Crippen LogP contribution in [0.25, 0.3) is 0 Å². The van der Waals surface area contributed by atoms with E-state index >= 15 is 0 Å². The normalized spacial score (nSPS) is 11.6. The summed E-state index contributed by atoms with van der Waals surface area (Å²) in [5.41, 5.74) is 1.91. The average Bonchev–Trinajstić information content (AvgIpc) is 2.50. The summed E-state index contributed by atoms with van der Waals surface area (Å²) in [5.74, 6) is 0.240. The van der Waals surface area contributed by atoms with Gasteiger partial charge in [-0.3, -0.25) is 9.59 Å². The number of carbonyl (C=O) groups excluding carboxylic acids is 2. The Balaban J connectivity index is 1.77. The number of rotatable bonds is 6. The van der Waals surface area contributed by atoms with Crippen LogP contribution in [0.2, 0.25) is 0 Å². The molecule has 2 N–H and O–H groups in total. The van der Waals surface area contributed by atoms with Gasteiger partial charge in [-0.2, -0.15) is 0 Å². The lowest BCUT2D eigenvalue weighted by Gasteiger charge is -2.12. The number of carbonyl (C=O) groups is 2. The van der Waals surface area contributed by atoms with Crippen molar-refractivity contribution in [2.24, 2.45) is 5.92 Å². The van der Waals surface area contributed by atoms with Crippen LogP contribution >= 0.6 is 0 Å². The van der Waals surface area contributed by atoms with Crippen molar-refractivity contribution in [3.05, 3.63) is 54.2 Å². The van der Waals surface area contributed by atoms with Crippen molar-refractivity contribution in [1.82, 2.24) is 4.98 Å². The van der Waals surface area contributed by atoms with Gasteiger partial charge in [0, 0.05) is 24.7 Å². The maximum absolute atomic E-state index is 12.0. The summed E-state index contributed by atoms with van der Waals surface area (Å²) >= 11 is 0. The zero-order valence-electron chi connectivity index (χ0n) is 13.4. The van der Waals surface area contributed by atoms with Gasteiger partial charge in [0.1, 0.15) is 5.82 Å². The molecule has 0 radical (unpaired) electrons. The van der Waals surface area contributed by atoms with E-state index in [1.54, 1.807) is 24.4 Å². The van der Waals surface area contributed by atoms with Gasteiger partial charge in [0.25, 0.3) is 0 Å². The van der Waals surface area contributed by atoms with Gasteiger partial charge >= 0.3 is 0 Å². The number of aromatic nitrogens is 1. The molecule has 0 bridgehead atoms. The van der Waals surface area contributed by atoms with Crippen LogP contribution in [0.15, 0.2) is 48.7 Å². The molecule has 0 spiro atoms. The molecular weight excluding hydrogens is 290 g/mol. The fourth-order valence-electron chi connectivity index (χ4n) is 2.18. The zero-order chi connectivity index (χ0) is 16.7. The highest BCUT2D eigenvalue weighted by molar-refractivity contribution is 5.92. The molecule has 1 aromatic carbocycles. The smallest absolute Gasteiger partial charge is 0.225 e. The van der Waals surface area contributed by atoms with E-state index in [-0.39, 0.29) is 24.2 Å². The second-order valence-corrected chi connectivity index (χ2v) is 5.69. The third-order valence-electron chi connectivity index (χ3n) is 3.34. The van der Waals surface area contributed by atoms with Crippen molar-refractivity contribution in [2.45, 2.75) is 26.7 Å². The van der Waals surface area contributed by atoms with Crippen molar-refractivity contribution >= 4 is 23.3 Å². The lowest BCUT2D eigenvalue weighted by molar-refractivity contribution is -0.118. The number of amides is 2. The lowest BCUT2D eigenvalue weighted by atomic mass is 10.0. The van der Waals surface area contributed by atoms with E-state index in [4.69, 9.17) is 0 Å². The molecule has 0 saturated heterocycles. The van der Waals surface area contributed by atoms with Gasteiger partial charge in [0.2, 0.25) is 11.8 Å². The third-order valence-corrected chi connectivity index (χ3v) is 3.34. The topological polar surface area (TPSA) is 71.1 Å². The van der Waals surface area contributed by atoms with E-state index in [0.717, 1.165) is 11.3 Å². The van der Waals surface area contributed by atoms with Gasteiger partial charge in [-0.15, -0.1) is 0 Å². The molecule has 0 fully saturated rings. The van der Waals surface area contributed by atoms with E-state index in [9.17, 15) is 9.59 Å². The number of benzene rings is 1.